The van der Waals surface area contributed by atoms with Crippen LogP contribution in [0, 0.1) is 0 Å². The number of nitrogens with one attached hydrogen (secondary N) is 3. The SMILES string of the molecule is COC(=O)N[C@@H](Cc1ccccc1)C(=O)N[C@@H](Cc1ccc(N[SH](=O)=O)cc1)c1nc(C(=O)OC)cs1. The van der Waals surface area contributed by atoms with Crippen molar-refractivity contribution in [3.63, 3.8) is 0 Å². The molecule has 196 valence electrons. The summed E-state index contributed by atoms with van der Waals surface area (Å²) in [5, 5.41) is 7.47. The number of alkyl carbamates (subject to hydrolysis) is 1. The van der Waals surface area contributed by atoms with Crippen molar-refractivity contribution in [2.45, 2.75) is 24.9 Å². The van der Waals surface area contributed by atoms with E-state index in [0.717, 1.165) is 11.1 Å². The average molecular weight is 547 g/mol. The lowest BCUT2D eigenvalue weighted by atomic mass is 10.0. The van der Waals surface area contributed by atoms with Crippen molar-refractivity contribution in [1.29, 1.82) is 0 Å². The molecule has 11 nitrogen and oxygen atoms in total. The second kappa shape index (κ2) is 13.4. The van der Waals surface area contributed by atoms with E-state index in [2.05, 4.69) is 20.3 Å². The van der Waals surface area contributed by atoms with E-state index in [1.807, 2.05) is 30.3 Å². The highest BCUT2D eigenvalue weighted by Gasteiger charge is 2.27. The van der Waals surface area contributed by atoms with Crippen LogP contribution in [0.15, 0.2) is 60.0 Å². The van der Waals surface area contributed by atoms with Crippen molar-refractivity contribution in [1.82, 2.24) is 15.6 Å². The highest BCUT2D eigenvalue weighted by atomic mass is 32.2. The summed E-state index contributed by atoms with van der Waals surface area (Å²) in [6.45, 7) is 0. The molecule has 0 radical (unpaired) electrons. The van der Waals surface area contributed by atoms with Crippen LogP contribution in [0.2, 0.25) is 0 Å². The standard InChI is InChI=1S/C24H26N4O7S2/c1-34-23(30)20-14-36-22(26-20)19(13-16-8-10-17(11-9-16)28-37(32)33)25-21(29)18(27-24(31)35-2)12-15-6-4-3-5-7-15/h3-11,14,18-19,37H,12-13H2,1-2H3,(H,25,29)(H,27,31)(H,28,32,33)/t18-,19-/m0/s1. The Morgan fingerprint density at radius 1 is 0.919 bits per heavy atom. The molecule has 13 heteroatoms. The first kappa shape index (κ1) is 27.6. The monoisotopic (exact) mass is 546 g/mol. The number of carbonyl (C=O) groups is 3. The van der Waals surface area contributed by atoms with Crippen LogP contribution >= 0.6 is 11.3 Å². The Hall–Kier alpha value is -3.97. The molecule has 37 heavy (non-hydrogen) atoms. The zero-order valence-electron chi connectivity index (χ0n) is 20.0. The number of thiol groups is 1. The van der Waals surface area contributed by atoms with Gasteiger partial charge in [0.1, 0.15) is 11.0 Å². The minimum Gasteiger partial charge on any atom is -0.464 e. The summed E-state index contributed by atoms with van der Waals surface area (Å²) in [4.78, 5) is 41.6. The maximum absolute atomic E-state index is 13.4. The Kier molecular flexibility index (Phi) is 9.98. The first-order valence-electron chi connectivity index (χ1n) is 11.0. The molecule has 2 aromatic carbocycles. The van der Waals surface area contributed by atoms with Crippen molar-refractivity contribution in [3.8, 4) is 0 Å². The van der Waals surface area contributed by atoms with E-state index in [1.54, 1.807) is 24.3 Å². The van der Waals surface area contributed by atoms with Gasteiger partial charge in [0.25, 0.3) is 0 Å². The van der Waals surface area contributed by atoms with E-state index < -0.39 is 40.9 Å². The molecule has 3 aromatic rings. The van der Waals surface area contributed by atoms with Crippen LogP contribution in [0.25, 0.3) is 0 Å². The van der Waals surface area contributed by atoms with Gasteiger partial charge >= 0.3 is 12.1 Å². The second-order valence-electron chi connectivity index (χ2n) is 7.77. The van der Waals surface area contributed by atoms with Crippen LogP contribution in [0.3, 0.4) is 0 Å². The minimum atomic E-state index is -2.80. The lowest BCUT2D eigenvalue weighted by Crippen LogP contribution is -2.49. The predicted octanol–water partition coefficient (Wildman–Crippen LogP) is 2.24. The number of hydrogen-bond donors (Lipinski definition) is 4. The van der Waals surface area contributed by atoms with Crippen molar-refractivity contribution in [3.05, 3.63) is 81.8 Å². The fourth-order valence-corrected chi connectivity index (χ4v) is 4.63. The van der Waals surface area contributed by atoms with E-state index in [9.17, 15) is 22.8 Å². The van der Waals surface area contributed by atoms with Gasteiger partial charge in [0.05, 0.1) is 20.3 Å². The van der Waals surface area contributed by atoms with Crippen LogP contribution in [0.5, 0.6) is 0 Å². The molecule has 2 amide bonds. The maximum Gasteiger partial charge on any atom is 0.407 e. The van der Waals surface area contributed by atoms with Crippen molar-refractivity contribution in [2.24, 2.45) is 0 Å². The molecule has 0 fully saturated rings. The first-order valence-corrected chi connectivity index (χ1v) is 13.1. The normalized spacial score (nSPS) is 12.3. The predicted molar refractivity (Wildman–Crippen MR) is 138 cm³/mol. The molecule has 1 aromatic heterocycles. The van der Waals surface area contributed by atoms with E-state index in [0.29, 0.717) is 10.7 Å². The van der Waals surface area contributed by atoms with Gasteiger partial charge in [-0.3, -0.25) is 9.52 Å². The summed E-state index contributed by atoms with van der Waals surface area (Å²) in [6.07, 6.45) is -0.261. The smallest absolute Gasteiger partial charge is 0.407 e. The van der Waals surface area contributed by atoms with Gasteiger partial charge in [0.2, 0.25) is 16.8 Å². The largest absolute Gasteiger partial charge is 0.464 e. The van der Waals surface area contributed by atoms with Gasteiger partial charge in [-0.05, 0) is 29.7 Å². The number of benzene rings is 2. The number of thiazole rings is 1. The van der Waals surface area contributed by atoms with Crippen LogP contribution < -0.4 is 15.4 Å². The summed E-state index contributed by atoms with van der Waals surface area (Å²) in [6, 6.07) is 14.2. The third-order valence-corrected chi connectivity index (χ3v) is 6.62. The van der Waals surface area contributed by atoms with Crippen molar-refractivity contribution in [2.75, 3.05) is 18.9 Å². The molecule has 0 spiro atoms. The Balaban J connectivity index is 1.86. The molecule has 0 bridgehead atoms. The Morgan fingerprint density at radius 3 is 2.22 bits per heavy atom. The zero-order chi connectivity index (χ0) is 26.8. The van der Waals surface area contributed by atoms with Crippen molar-refractivity contribution < 1.29 is 32.3 Å². The number of ether oxygens (including phenoxy) is 2. The third-order valence-electron chi connectivity index (χ3n) is 5.22. The first-order chi connectivity index (χ1) is 17.8. The summed E-state index contributed by atoms with van der Waals surface area (Å²) < 4.78 is 33.5. The van der Waals surface area contributed by atoms with Gasteiger partial charge in [-0.2, -0.15) is 0 Å². The summed E-state index contributed by atoms with van der Waals surface area (Å²) in [7, 11) is -0.340. The average Bonchev–Trinajstić information content (AvgIpc) is 3.39. The Labute approximate surface area is 219 Å². The maximum atomic E-state index is 13.4. The fourth-order valence-electron chi connectivity index (χ4n) is 3.44. The summed E-state index contributed by atoms with van der Waals surface area (Å²) in [5.41, 5.74) is 2.10. The number of esters is 1. The lowest BCUT2D eigenvalue weighted by molar-refractivity contribution is -0.123. The summed E-state index contributed by atoms with van der Waals surface area (Å²) in [5.74, 6) is -1.08. The summed E-state index contributed by atoms with van der Waals surface area (Å²) >= 11 is 1.18. The highest BCUT2D eigenvalue weighted by Crippen LogP contribution is 2.24. The topological polar surface area (TPSA) is 153 Å². The van der Waals surface area contributed by atoms with Gasteiger partial charge in [0.15, 0.2) is 5.69 Å². The fraction of sp³-hybridized carbons (Fsp3) is 0.250. The van der Waals surface area contributed by atoms with E-state index in [-0.39, 0.29) is 18.5 Å². The second-order valence-corrected chi connectivity index (χ2v) is 9.40. The number of nitrogens with zero attached hydrogens (tertiary/aromatic N) is 1. The van der Waals surface area contributed by atoms with Crippen LogP contribution in [-0.2, 0) is 38.0 Å². The molecule has 0 aliphatic rings. The molecule has 0 aliphatic carbocycles. The zero-order valence-corrected chi connectivity index (χ0v) is 21.7. The molecule has 2 atom stereocenters. The molecule has 0 saturated carbocycles. The molecule has 3 N–H and O–H groups in total. The highest BCUT2D eigenvalue weighted by molar-refractivity contribution is 7.73. The lowest BCUT2D eigenvalue weighted by Gasteiger charge is -2.22. The molecular formula is C24H26N4O7S2. The number of anilines is 1. The molecule has 3 rings (SSSR count). The number of methoxy groups -OCH3 is 2. The van der Waals surface area contributed by atoms with E-state index >= 15 is 0 Å². The quantitative estimate of drug-likeness (QED) is 0.211. The number of amides is 2. The molecule has 1 heterocycles. The van der Waals surface area contributed by atoms with Gasteiger partial charge < -0.3 is 20.1 Å². The molecular weight excluding hydrogens is 520 g/mol. The molecule has 0 unspecified atom stereocenters. The van der Waals surface area contributed by atoms with E-state index in [4.69, 9.17) is 9.47 Å². The van der Waals surface area contributed by atoms with E-state index in [1.165, 1.54) is 30.9 Å². The van der Waals surface area contributed by atoms with Crippen LogP contribution in [0.1, 0.15) is 32.7 Å². The number of aromatic nitrogens is 1. The molecule has 0 aliphatic heterocycles. The van der Waals surface area contributed by atoms with Gasteiger partial charge in [0, 0.05) is 17.5 Å². The minimum absolute atomic E-state index is 0.106. The molecule has 0 saturated heterocycles. The number of carbonyl (C=O) groups excluding carboxylic acids is 3. The van der Waals surface area contributed by atoms with Crippen molar-refractivity contribution >= 4 is 45.9 Å². The third kappa shape index (κ3) is 8.29. The number of rotatable bonds is 11. The van der Waals surface area contributed by atoms with Gasteiger partial charge in [-0.15, -0.1) is 11.3 Å². The van der Waals surface area contributed by atoms with Gasteiger partial charge in [-0.25, -0.2) is 23.0 Å². The van der Waals surface area contributed by atoms with Crippen LogP contribution in [-0.4, -0.2) is 51.6 Å². The Morgan fingerprint density at radius 2 is 1.59 bits per heavy atom. The van der Waals surface area contributed by atoms with Crippen LogP contribution in [0.4, 0.5) is 10.5 Å². The van der Waals surface area contributed by atoms with Gasteiger partial charge in [-0.1, -0.05) is 42.5 Å². The number of hydrogen-bond acceptors (Lipinski definition) is 9. The Bertz CT molecular complexity index is 1290.